The molecule has 0 atom stereocenters. The Hall–Kier alpha value is -1.30. The number of hydrogen-bond acceptors (Lipinski definition) is 3. The molecule has 1 aromatic carbocycles. The van der Waals surface area contributed by atoms with Gasteiger partial charge in [-0.3, -0.25) is 4.79 Å². The number of benzene rings is 1. The van der Waals surface area contributed by atoms with Crippen LogP contribution in [0.25, 0.3) is 0 Å². The van der Waals surface area contributed by atoms with Gasteiger partial charge in [-0.25, -0.2) is 4.39 Å². The standard InChI is InChI=1S/C9H10BrFN2O2/c1-13(4-9(14)15)8-3-6(11)5(10)2-7(8)12/h2-3H,4,12H2,1H3,(H,14,15). The molecule has 0 unspecified atom stereocenters. The molecule has 0 aromatic heterocycles. The van der Waals surface area contributed by atoms with Crippen LogP contribution in [0.1, 0.15) is 0 Å². The molecule has 15 heavy (non-hydrogen) atoms. The van der Waals surface area contributed by atoms with E-state index in [1.54, 1.807) is 0 Å². The molecule has 0 radical (unpaired) electrons. The number of carboxylic acid groups (broad SMARTS) is 1. The first-order valence-corrected chi connectivity index (χ1v) is 4.88. The molecule has 1 aromatic rings. The summed E-state index contributed by atoms with van der Waals surface area (Å²) < 4.78 is 13.4. The number of nitrogens with two attached hydrogens (primary N) is 1. The Labute approximate surface area is 94.6 Å². The third kappa shape index (κ3) is 2.82. The van der Waals surface area contributed by atoms with Crippen molar-refractivity contribution in [3.05, 3.63) is 22.4 Å². The zero-order valence-electron chi connectivity index (χ0n) is 8.00. The number of rotatable bonds is 3. The lowest BCUT2D eigenvalue weighted by Gasteiger charge is -2.19. The van der Waals surface area contributed by atoms with Gasteiger partial charge in [-0.1, -0.05) is 0 Å². The number of hydrogen-bond donors (Lipinski definition) is 2. The van der Waals surface area contributed by atoms with Crippen LogP contribution in [0.4, 0.5) is 15.8 Å². The van der Waals surface area contributed by atoms with Gasteiger partial charge in [0.15, 0.2) is 0 Å². The molecule has 3 N–H and O–H groups in total. The summed E-state index contributed by atoms with van der Waals surface area (Å²) in [6.07, 6.45) is 0. The van der Waals surface area contributed by atoms with Crippen molar-refractivity contribution < 1.29 is 14.3 Å². The van der Waals surface area contributed by atoms with Crippen LogP contribution >= 0.6 is 15.9 Å². The van der Waals surface area contributed by atoms with Crippen molar-refractivity contribution in [3.63, 3.8) is 0 Å². The van der Waals surface area contributed by atoms with E-state index in [9.17, 15) is 9.18 Å². The lowest BCUT2D eigenvalue weighted by atomic mass is 10.2. The van der Waals surface area contributed by atoms with Crippen LogP contribution in [0.2, 0.25) is 0 Å². The first-order chi connectivity index (χ1) is 6.91. The van der Waals surface area contributed by atoms with Crippen LogP contribution in [0.3, 0.4) is 0 Å². The molecule has 0 aliphatic rings. The monoisotopic (exact) mass is 276 g/mol. The summed E-state index contributed by atoms with van der Waals surface area (Å²) in [5.74, 6) is -1.48. The molecule has 0 saturated carbocycles. The Morgan fingerprint density at radius 1 is 1.67 bits per heavy atom. The van der Waals surface area contributed by atoms with Gasteiger partial charge < -0.3 is 15.7 Å². The molecule has 82 valence electrons. The van der Waals surface area contributed by atoms with E-state index >= 15 is 0 Å². The molecular weight excluding hydrogens is 267 g/mol. The molecule has 0 spiro atoms. The topological polar surface area (TPSA) is 66.6 Å². The van der Waals surface area contributed by atoms with E-state index in [1.165, 1.54) is 24.1 Å². The number of nitrogen functional groups attached to an aromatic ring is 1. The highest BCUT2D eigenvalue weighted by Gasteiger charge is 2.12. The summed E-state index contributed by atoms with van der Waals surface area (Å²) in [5.41, 5.74) is 6.32. The van der Waals surface area contributed by atoms with Gasteiger partial charge in [0.05, 0.1) is 15.8 Å². The second-order valence-corrected chi connectivity index (χ2v) is 3.93. The van der Waals surface area contributed by atoms with Crippen molar-refractivity contribution in [1.82, 2.24) is 0 Å². The second kappa shape index (κ2) is 4.48. The quantitative estimate of drug-likeness (QED) is 0.825. The molecule has 6 heteroatoms. The van der Waals surface area contributed by atoms with Gasteiger partial charge in [-0.05, 0) is 22.0 Å². The molecule has 0 amide bonds. The maximum Gasteiger partial charge on any atom is 0.323 e. The van der Waals surface area contributed by atoms with Gasteiger partial charge in [0, 0.05) is 13.1 Å². The van der Waals surface area contributed by atoms with E-state index < -0.39 is 11.8 Å². The van der Waals surface area contributed by atoms with Crippen LogP contribution < -0.4 is 10.6 Å². The Morgan fingerprint density at radius 3 is 2.80 bits per heavy atom. The van der Waals surface area contributed by atoms with Crippen molar-refractivity contribution >= 4 is 33.3 Å². The maximum absolute atomic E-state index is 13.2. The summed E-state index contributed by atoms with van der Waals surface area (Å²) in [6.45, 7) is -0.231. The third-order valence-electron chi connectivity index (χ3n) is 1.85. The van der Waals surface area contributed by atoms with Crippen molar-refractivity contribution in [2.24, 2.45) is 0 Å². The molecular formula is C9H10BrFN2O2. The fraction of sp³-hybridized carbons (Fsp3) is 0.222. The average Bonchev–Trinajstić information content (AvgIpc) is 2.09. The largest absolute Gasteiger partial charge is 0.480 e. The number of halogens is 2. The minimum atomic E-state index is -1.000. The molecule has 0 fully saturated rings. The van der Waals surface area contributed by atoms with E-state index in [0.29, 0.717) is 11.4 Å². The minimum absolute atomic E-state index is 0.231. The zero-order chi connectivity index (χ0) is 11.6. The SMILES string of the molecule is CN(CC(=O)O)c1cc(F)c(Br)cc1N. The summed E-state index contributed by atoms with van der Waals surface area (Å²) in [6, 6.07) is 2.60. The number of nitrogens with zero attached hydrogens (tertiary/aromatic N) is 1. The third-order valence-corrected chi connectivity index (χ3v) is 2.46. The van der Waals surface area contributed by atoms with Crippen LogP contribution in [-0.4, -0.2) is 24.7 Å². The lowest BCUT2D eigenvalue weighted by molar-refractivity contribution is -0.135. The maximum atomic E-state index is 13.2. The number of aliphatic carboxylic acids is 1. The van der Waals surface area contributed by atoms with Crippen molar-refractivity contribution in [1.29, 1.82) is 0 Å². The van der Waals surface area contributed by atoms with E-state index in [1.807, 2.05) is 0 Å². The highest BCUT2D eigenvalue weighted by molar-refractivity contribution is 9.10. The van der Waals surface area contributed by atoms with Gasteiger partial charge in [-0.2, -0.15) is 0 Å². The zero-order valence-corrected chi connectivity index (χ0v) is 9.58. The van der Waals surface area contributed by atoms with Crippen LogP contribution in [0.5, 0.6) is 0 Å². The van der Waals surface area contributed by atoms with E-state index in [0.717, 1.165) is 0 Å². The van der Waals surface area contributed by atoms with E-state index in [4.69, 9.17) is 10.8 Å². The van der Waals surface area contributed by atoms with Crippen LogP contribution in [-0.2, 0) is 4.79 Å². The smallest absolute Gasteiger partial charge is 0.323 e. The summed E-state index contributed by atoms with van der Waals surface area (Å²) >= 11 is 2.99. The molecule has 1 rings (SSSR count). The van der Waals surface area contributed by atoms with Gasteiger partial charge in [-0.15, -0.1) is 0 Å². The number of anilines is 2. The Morgan fingerprint density at radius 2 is 2.27 bits per heavy atom. The number of carboxylic acids is 1. The fourth-order valence-corrected chi connectivity index (χ4v) is 1.53. The summed E-state index contributed by atoms with van der Waals surface area (Å²) in [5, 5.41) is 8.57. The van der Waals surface area contributed by atoms with Gasteiger partial charge in [0.1, 0.15) is 12.4 Å². The van der Waals surface area contributed by atoms with Crippen molar-refractivity contribution in [3.8, 4) is 0 Å². The molecule has 0 aliphatic carbocycles. The van der Waals surface area contributed by atoms with Crippen LogP contribution in [0, 0.1) is 5.82 Å². The Balaban J connectivity index is 3.03. The molecule has 0 bridgehead atoms. The summed E-state index contributed by atoms with van der Waals surface area (Å²) in [7, 11) is 1.53. The minimum Gasteiger partial charge on any atom is -0.480 e. The second-order valence-electron chi connectivity index (χ2n) is 3.07. The van der Waals surface area contributed by atoms with Gasteiger partial charge in [0.25, 0.3) is 0 Å². The predicted octanol–water partition coefficient (Wildman–Crippen LogP) is 1.69. The summed E-state index contributed by atoms with van der Waals surface area (Å²) in [4.78, 5) is 11.8. The first-order valence-electron chi connectivity index (χ1n) is 4.09. The van der Waals surface area contributed by atoms with Gasteiger partial charge in [0.2, 0.25) is 0 Å². The van der Waals surface area contributed by atoms with E-state index in [2.05, 4.69) is 15.9 Å². The molecule has 0 aliphatic heterocycles. The Bertz CT molecular complexity index is 398. The van der Waals surface area contributed by atoms with E-state index in [-0.39, 0.29) is 11.0 Å². The van der Waals surface area contributed by atoms with Crippen molar-refractivity contribution in [2.75, 3.05) is 24.2 Å². The van der Waals surface area contributed by atoms with Crippen LogP contribution in [0.15, 0.2) is 16.6 Å². The number of carbonyl (C=O) groups is 1. The van der Waals surface area contributed by atoms with Crippen molar-refractivity contribution in [2.45, 2.75) is 0 Å². The fourth-order valence-electron chi connectivity index (χ4n) is 1.17. The molecule has 0 heterocycles. The first kappa shape index (κ1) is 11.8. The molecule has 0 saturated heterocycles. The van der Waals surface area contributed by atoms with Gasteiger partial charge >= 0.3 is 5.97 Å². The predicted molar refractivity (Wildman–Crippen MR) is 59.4 cm³/mol. The number of likely N-dealkylation sites (N-methyl/N-ethyl adjacent to an activating group) is 1. The molecule has 4 nitrogen and oxygen atoms in total. The highest BCUT2D eigenvalue weighted by atomic mass is 79.9. The lowest BCUT2D eigenvalue weighted by Crippen LogP contribution is -2.26. The highest BCUT2D eigenvalue weighted by Crippen LogP contribution is 2.28. The average molecular weight is 277 g/mol. The Kier molecular flexibility index (Phi) is 3.52. The normalized spacial score (nSPS) is 10.1.